The topological polar surface area (TPSA) is 37.4 Å². The number of hydrogen-bond acceptors (Lipinski definition) is 3. The molecule has 0 bridgehead atoms. The minimum Gasteiger partial charge on any atom is -0.343 e. The van der Waals surface area contributed by atoms with Gasteiger partial charge in [-0.25, -0.2) is 30.4 Å². The van der Waals surface area contributed by atoms with Crippen molar-refractivity contribution in [2.75, 3.05) is 19.6 Å². The smallest absolute Gasteiger partial charge is 0.343 e. The SMILES string of the molecule is CC(c1[c-]c(F)ccc1)S(=O)(=O)c1ccc(C(F)F)cc1.[CH2-]CC(C[CH2-])CN1CCC(F)(F)CC1.[Li+]. The number of halogens is 5. The molecule has 0 radical (unpaired) electrons. The van der Waals surface area contributed by atoms with E-state index in [0.29, 0.717) is 19.0 Å². The first-order valence-corrected chi connectivity index (χ1v) is 12.9. The second kappa shape index (κ2) is 14.5. The van der Waals surface area contributed by atoms with Gasteiger partial charge in [0.05, 0.1) is 10.1 Å². The van der Waals surface area contributed by atoms with Crippen molar-refractivity contribution in [3.8, 4) is 0 Å². The van der Waals surface area contributed by atoms with Crippen LogP contribution in [-0.2, 0) is 9.84 Å². The summed E-state index contributed by atoms with van der Waals surface area (Å²) in [7, 11) is -3.79. The minimum atomic E-state index is -3.79. The van der Waals surface area contributed by atoms with Gasteiger partial charge in [-0.1, -0.05) is 18.1 Å². The Bertz CT molecular complexity index is 1020. The van der Waals surface area contributed by atoms with Crippen LogP contribution in [0.25, 0.3) is 0 Å². The van der Waals surface area contributed by atoms with Crippen LogP contribution in [0.4, 0.5) is 22.0 Å². The molecule has 1 saturated heterocycles. The van der Waals surface area contributed by atoms with E-state index in [-0.39, 0.29) is 47.7 Å². The summed E-state index contributed by atoms with van der Waals surface area (Å²) in [6.07, 6.45) is -0.954. The maximum atomic E-state index is 13.1. The van der Waals surface area contributed by atoms with Crippen molar-refractivity contribution in [2.24, 2.45) is 5.92 Å². The summed E-state index contributed by atoms with van der Waals surface area (Å²) in [4.78, 5) is 2.02. The number of nitrogens with zero attached hydrogens (tertiary/aromatic N) is 1. The van der Waals surface area contributed by atoms with Crippen LogP contribution >= 0.6 is 0 Å². The van der Waals surface area contributed by atoms with Crippen molar-refractivity contribution in [2.45, 2.75) is 55.1 Å². The molecule has 0 saturated carbocycles. The summed E-state index contributed by atoms with van der Waals surface area (Å²) in [6.45, 7) is 11.0. The molecule has 196 valence electrons. The third-order valence-electron chi connectivity index (χ3n) is 6.07. The fourth-order valence-corrected chi connectivity index (χ4v) is 5.02. The predicted octanol–water partition coefficient (Wildman–Crippen LogP) is 3.88. The molecule has 1 atom stereocenters. The van der Waals surface area contributed by atoms with Crippen LogP contribution in [0.2, 0.25) is 0 Å². The van der Waals surface area contributed by atoms with E-state index in [1.807, 2.05) is 0 Å². The zero-order chi connectivity index (χ0) is 26.2. The maximum Gasteiger partial charge on any atom is 1.00 e. The molecular formula is C26H31F5LiNO2S-2. The molecule has 36 heavy (non-hydrogen) atoms. The van der Waals surface area contributed by atoms with Gasteiger partial charge in [0.25, 0.3) is 12.3 Å². The Morgan fingerprint density at radius 2 is 1.58 bits per heavy atom. The standard InChI is InChI=1S/C15H12F3O2S.C11H19F2N.Li/c1-10(12-3-2-4-13(16)9-12)21(19,20)14-7-5-11(6-8-14)15(17)18;1-3-10(4-2)9-14-7-5-11(12,13)6-8-14;/h2-8,10,15H,1H3;10H,1-9H2;/q-1;-2;+1. The van der Waals surface area contributed by atoms with Crippen molar-refractivity contribution < 1.29 is 49.2 Å². The molecule has 1 unspecified atom stereocenters. The van der Waals surface area contributed by atoms with E-state index in [0.717, 1.165) is 43.7 Å². The molecule has 0 spiro atoms. The molecule has 2 aromatic carbocycles. The van der Waals surface area contributed by atoms with E-state index in [2.05, 4.69) is 24.8 Å². The molecule has 3 nitrogen and oxygen atoms in total. The second-order valence-corrected chi connectivity index (χ2v) is 10.9. The molecule has 10 heteroatoms. The van der Waals surface area contributed by atoms with E-state index in [1.165, 1.54) is 25.1 Å². The number of piperidine rings is 1. The number of likely N-dealkylation sites (tertiary alicyclic amines) is 1. The Morgan fingerprint density at radius 3 is 2.06 bits per heavy atom. The number of sulfone groups is 1. The number of alkyl halides is 4. The van der Waals surface area contributed by atoms with E-state index in [4.69, 9.17) is 0 Å². The average Bonchev–Trinajstić information content (AvgIpc) is 2.83. The van der Waals surface area contributed by atoms with Crippen LogP contribution in [-0.4, -0.2) is 38.9 Å². The van der Waals surface area contributed by atoms with Gasteiger partial charge in [-0.2, -0.15) is 25.0 Å². The van der Waals surface area contributed by atoms with Gasteiger partial charge in [-0.15, -0.1) is 17.7 Å². The average molecular weight is 524 g/mol. The predicted molar refractivity (Wildman–Crippen MR) is 126 cm³/mol. The van der Waals surface area contributed by atoms with Gasteiger partial charge in [0.2, 0.25) is 0 Å². The van der Waals surface area contributed by atoms with Crippen molar-refractivity contribution in [3.05, 3.63) is 79.3 Å². The van der Waals surface area contributed by atoms with Crippen LogP contribution in [0.1, 0.15) is 55.4 Å². The number of benzene rings is 2. The molecule has 0 amide bonds. The van der Waals surface area contributed by atoms with Crippen LogP contribution < -0.4 is 18.9 Å². The third kappa shape index (κ3) is 9.48. The van der Waals surface area contributed by atoms with Crippen molar-refractivity contribution in [1.29, 1.82) is 0 Å². The fraction of sp³-hybridized carbons (Fsp3) is 0.462. The van der Waals surface area contributed by atoms with Gasteiger partial charge in [-0.3, -0.25) is 0 Å². The van der Waals surface area contributed by atoms with Crippen molar-refractivity contribution in [1.82, 2.24) is 4.90 Å². The molecule has 1 fully saturated rings. The van der Waals surface area contributed by atoms with Crippen molar-refractivity contribution >= 4 is 9.84 Å². The molecule has 1 aliphatic rings. The monoisotopic (exact) mass is 523 g/mol. The Morgan fingerprint density at radius 1 is 1.03 bits per heavy atom. The second-order valence-electron chi connectivity index (χ2n) is 8.61. The summed E-state index contributed by atoms with van der Waals surface area (Å²) in [5, 5.41) is -1.02. The molecule has 1 aliphatic heterocycles. The minimum absolute atomic E-state index is 0. The number of rotatable bonds is 8. The molecule has 3 rings (SSSR count). The van der Waals surface area contributed by atoms with E-state index in [1.54, 1.807) is 0 Å². The first-order valence-electron chi connectivity index (χ1n) is 11.4. The van der Waals surface area contributed by atoms with E-state index >= 15 is 0 Å². The van der Waals surface area contributed by atoms with Gasteiger partial charge in [0.1, 0.15) is 0 Å². The molecular weight excluding hydrogens is 492 g/mol. The Labute approximate surface area is 223 Å². The molecule has 0 N–H and O–H groups in total. The van der Waals surface area contributed by atoms with Crippen molar-refractivity contribution in [3.63, 3.8) is 0 Å². The molecule has 1 heterocycles. The summed E-state index contributed by atoms with van der Waals surface area (Å²) in [6, 6.07) is 10.8. The first kappa shape index (κ1) is 32.6. The fourth-order valence-electron chi connectivity index (χ4n) is 3.62. The van der Waals surface area contributed by atoms with E-state index in [9.17, 15) is 30.4 Å². The van der Waals surface area contributed by atoms with Crippen LogP contribution in [0.15, 0.2) is 47.4 Å². The number of hydrogen-bond donors (Lipinski definition) is 0. The maximum absolute atomic E-state index is 13.1. The Balaban J connectivity index is 0.000000379. The third-order valence-corrected chi connectivity index (χ3v) is 8.18. The van der Waals surface area contributed by atoms with Crippen LogP contribution in [0, 0.1) is 31.6 Å². The summed E-state index contributed by atoms with van der Waals surface area (Å²) >= 11 is 0. The first-order chi connectivity index (χ1) is 16.4. The van der Waals surface area contributed by atoms with Gasteiger partial charge in [-0.05, 0) is 25.6 Å². The van der Waals surface area contributed by atoms with Gasteiger partial charge in [0, 0.05) is 37.3 Å². The quantitative estimate of drug-likeness (QED) is 0.300. The summed E-state index contributed by atoms with van der Waals surface area (Å²) < 4.78 is 88.5. The molecule has 0 aromatic heterocycles. The summed E-state index contributed by atoms with van der Waals surface area (Å²) in [5.41, 5.74) is -0.0631. The van der Waals surface area contributed by atoms with Crippen LogP contribution in [0.3, 0.4) is 0 Å². The van der Waals surface area contributed by atoms with Gasteiger partial charge >= 0.3 is 18.9 Å². The summed E-state index contributed by atoms with van der Waals surface area (Å²) in [5.74, 6) is -2.62. The normalized spacial score (nSPS) is 16.7. The van der Waals surface area contributed by atoms with Crippen LogP contribution in [0.5, 0.6) is 0 Å². The molecule has 2 aromatic rings. The zero-order valence-electron chi connectivity index (χ0n) is 20.7. The zero-order valence-corrected chi connectivity index (χ0v) is 21.5. The van der Waals surface area contributed by atoms with Gasteiger partial charge < -0.3 is 18.7 Å². The Kier molecular flexibility index (Phi) is 13.2. The Hall–Kier alpha value is -1.40. The van der Waals surface area contributed by atoms with E-state index < -0.39 is 33.3 Å². The largest absolute Gasteiger partial charge is 1.00 e. The molecule has 0 aliphatic carbocycles. The van der Waals surface area contributed by atoms with Gasteiger partial charge in [0.15, 0.2) is 9.84 Å².